The van der Waals surface area contributed by atoms with Crippen LogP contribution in [0.3, 0.4) is 0 Å². The van der Waals surface area contributed by atoms with Crippen molar-refractivity contribution in [2.24, 2.45) is 5.92 Å². The molecule has 0 radical (unpaired) electrons. The van der Waals surface area contributed by atoms with Crippen LogP contribution in [0.25, 0.3) is 0 Å². The number of hydrogen-bond donors (Lipinski definition) is 1. The molecular weight excluding hydrogens is 385 g/mol. The van der Waals surface area contributed by atoms with E-state index in [0.29, 0.717) is 38.2 Å². The molecule has 1 fully saturated rings. The van der Waals surface area contributed by atoms with Gasteiger partial charge in [0.2, 0.25) is 11.8 Å². The number of nitrogens with zero attached hydrogens (tertiary/aromatic N) is 2. The quantitative estimate of drug-likeness (QED) is 0.791. The van der Waals surface area contributed by atoms with E-state index in [-0.39, 0.29) is 47.9 Å². The van der Waals surface area contributed by atoms with Crippen LogP contribution < -0.4 is 10.9 Å². The summed E-state index contributed by atoms with van der Waals surface area (Å²) in [4.78, 5) is 38.7. The molecule has 1 aromatic carbocycles. The summed E-state index contributed by atoms with van der Waals surface area (Å²) in [6.07, 6.45) is 1.69. The van der Waals surface area contributed by atoms with E-state index in [9.17, 15) is 18.8 Å². The van der Waals surface area contributed by atoms with Crippen molar-refractivity contribution in [1.82, 2.24) is 14.8 Å². The van der Waals surface area contributed by atoms with Crippen LogP contribution in [0.2, 0.25) is 0 Å². The number of amides is 2. The lowest BCUT2D eigenvalue weighted by molar-refractivity contribution is -0.136. The van der Waals surface area contributed by atoms with Gasteiger partial charge in [0.1, 0.15) is 5.82 Å². The van der Waals surface area contributed by atoms with E-state index in [0.717, 1.165) is 12.1 Å². The standard InChI is InChI=1S/C23H26FN3O3/c24-19-5-2-1-4-17(19)10-11-25-21(28)8-9-22(29)26-13-16-12-18(15-26)20-6-3-7-23(30)27(20)14-16/h1-7,16,18H,8-15H2,(H,25,28)/t16-,18-/m0/s1. The van der Waals surface area contributed by atoms with Gasteiger partial charge in [0.25, 0.3) is 5.56 Å². The summed E-state index contributed by atoms with van der Waals surface area (Å²) in [6.45, 7) is 2.21. The van der Waals surface area contributed by atoms with Crippen molar-refractivity contribution in [3.8, 4) is 0 Å². The fourth-order valence-corrected chi connectivity index (χ4v) is 4.60. The number of nitrogens with one attached hydrogen (secondary N) is 1. The number of hydrogen-bond acceptors (Lipinski definition) is 3. The second-order valence-corrected chi connectivity index (χ2v) is 8.19. The van der Waals surface area contributed by atoms with Crippen molar-refractivity contribution in [2.45, 2.75) is 38.1 Å². The zero-order valence-electron chi connectivity index (χ0n) is 16.9. The minimum Gasteiger partial charge on any atom is -0.356 e. The molecule has 2 aliphatic heterocycles. The first kappa shape index (κ1) is 20.3. The van der Waals surface area contributed by atoms with Crippen LogP contribution in [0, 0.1) is 11.7 Å². The highest BCUT2D eigenvalue weighted by Gasteiger charge is 2.36. The Morgan fingerprint density at radius 3 is 2.70 bits per heavy atom. The second kappa shape index (κ2) is 8.81. The van der Waals surface area contributed by atoms with Crippen molar-refractivity contribution in [2.75, 3.05) is 19.6 Å². The van der Waals surface area contributed by atoms with Crippen molar-refractivity contribution in [3.05, 3.63) is 69.9 Å². The summed E-state index contributed by atoms with van der Waals surface area (Å²) < 4.78 is 15.4. The topological polar surface area (TPSA) is 71.4 Å². The molecule has 1 saturated heterocycles. The Bertz CT molecular complexity index is 1000. The molecule has 7 heteroatoms. The van der Waals surface area contributed by atoms with E-state index in [4.69, 9.17) is 0 Å². The van der Waals surface area contributed by atoms with Crippen LogP contribution in [-0.2, 0) is 22.6 Å². The number of carbonyl (C=O) groups is 2. The Balaban J connectivity index is 1.25. The van der Waals surface area contributed by atoms with Crippen LogP contribution in [0.15, 0.2) is 47.3 Å². The third-order valence-electron chi connectivity index (χ3n) is 6.07. The number of piperidine rings is 1. The minimum absolute atomic E-state index is 0.0223. The van der Waals surface area contributed by atoms with E-state index >= 15 is 0 Å². The highest BCUT2D eigenvalue weighted by molar-refractivity contribution is 5.83. The highest BCUT2D eigenvalue weighted by Crippen LogP contribution is 2.35. The number of pyridine rings is 1. The Labute approximate surface area is 174 Å². The van der Waals surface area contributed by atoms with E-state index in [1.807, 2.05) is 15.5 Å². The fourth-order valence-electron chi connectivity index (χ4n) is 4.60. The zero-order valence-corrected chi connectivity index (χ0v) is 16.9. The van der Waals surface area contributed by atoms with Crippen LogP contribution in [-0.4, -0.2) is 40.9 Å². The highest BCUT2D eigenvalue weighted by atomic mass is 19.1. The van der Waals surface area contributed by atoms with Crippen LogP contribution in [0.1, 0.15) is 36.4 Å². The third kappa shape index (κ3) is 4.45. The number of aromatic nitrogens is 1. The van der Waals surface area contributed by atoms with Gasteiger partial charge in [-0.3, -0.25) is 14.4 Å². The van der Waals surface area contributed by atoms with Gasteiger partial charge in [0.05, 0.1) is 0 Å². The molecule has 6 nitrogen and oxygen atoms in total. The Hall–Kier alpha value is -2.96. The molecule has 1 N–H and O–H groups in total. The summed E-state index contributed by atoms with van der Waals surface area (Å²) in [5.41, 5.74) is 1.59. The number of halogens is 1. The molecule has 2 atom stereocenters. The number of rotatable bonds is 6. The molecule has 0 unspecified atom stereocenters. The normalized spacial score (nSPS) is 19.8. The number of carbonyl (C=O) groups excluding carboxylic acids is 2. The maximum atomic E-state index is 13.6. The molecule has 1 aromatic heterocycles. The molecule has 0 spiro atoms. The molecule has 2 amide bonds. The predicted octanol–water partition coefficient (Wildman–Crippen LogP) is 2.07. The summed E-state index contributed by atoms with van der Waals surface area (Å²) >= 11 is 0. The summed E-state index contributed by atoms with van der Waals surface area (Å²) in [6, 6.07) is 11.8. The zero-order chi connectivity index (χ0) is 21.1. The second-order valence-electron chi connectivity index (χ2n) is 8.19. The van der Waals surface area contributed by atoms with E-state index in [2.05, 4.69) is 5.32 Å². The smallest absolute Gasteiger partial charge is 0.250 e. The Morgan fingerprint density at radius 1 is 1.03 bits per heavy atom. The molecule has 0 aliphatic carbocycles. The van der Waals surface area contributed by atoms with Crippen molar-refractivity contribution >= 4 is 11.8 Å². The summed E-state index contributed by atoms with van der Waals surface area (Å²) in [7, 11) is 0. The molecule has 0 saturated carbocycles. The maximum absolute atomic E-state index is 13.6. The molecule has 30 heavy (non-hydrogen) atoms. The first-order chi connectivity index (χ1) is 14.5. The van der Waals surface area contributed by atoms with Gasteiger partial charge in [0.15, 0.2) is 0 Å². The van der Waals surface area contributed by atoms with Gasteiger partial charge in [-0.2, -0.15) is 0 Å². The Morgan fingerprint density at radius 2 is 1.87 bits per heavy atom. The largest absolute Gasteiger partial charge is 0.356 e. The first-order valence-electron chi connectivity index (χ1n) is 10.5. The molecule has 2 aliphatic rings. The van der Waals surface area contributed by atoms with Crippen molar-refractivity contribution in [1.29, 1.82) is 0 Å². The molecule has 2 bridgehead atoms. The van der Waals surface area contributed by atoms with Gasteiger partial charge >= 0.3 is 0 Å². The molecule has 158 valence electrons. The maximum Gasteiger partial charge on any atom is 0.250 e. The number of fused-ring (bicyclic) bond motifs is 4. The Kier molecular flexibility index (Phi) is 5.97. The van der Waals surface area contributed by atoms with E-state index in [1.165, 1.54) is 6.07 Å². The molecule has 4 rings (SSSR count). The van der Waals surface area contributed by atoms with Crippen LogP contribution >= 0.6 is 0 Å². The third-order valence-corrected chi connectivity index (χ3v) is 6.07. The predicted molar refractivity (Wildman–Crippen MR) is 110 cm³/mol. The van der Waals surface area contributed by atoms with E-state index in [1.54, 1.807) is 30.3 Å². The average Bonchev–Trinajstić information content (AvgIpc) is 2.74. The van der Waals surface area contributed by atoms with Crippen LogP contribution in [0.5, 0.6) is 0 Å². The van der Waals surface area contributed by atoms with Gasteiger partial charge in [-0.05, 0) is 36.5 Å². The number of likely N-dealkylation sites (tertiary alicyclic amines) is 1. The van der Waals surface area contributed by atoms with Crippen molar-refractivity contribution in [3.63, 3.8) is 0 Å². The fraction of sp³-hybridized carbons (Fsp3) is 0.435. The summed E-state index contributed by atoms with van der Waals surface area (Å²) in [5, 5.41) is 2.76. The van der Waals surface area contributed by atoms with Gasteiger partial charge in [-0.25, -0.2) is 4.39 Å². The lowest BCUT2D eigenvalue weighted by atomic mass is 9.83. The molecule has 2 aromatic rings. The lowest BCUT2D eigenvalue weighted by Gasteiger charge is -2.42. The van der Waals surface area contributed by atoms with Crippen LogP contribution in [0.4, 0.5) is 4.39 Å². The minimum atomic E-state index is -0.276. The van der Waals surface area contributed by atoms with Gasteiger partial charge < -0.3 is 14.8 Å². The monoisotopic (exact) mass is 411 g/mol. The SMILES string of the molecule is O=C(CCC(=O)N1C[C@@H]2C[C@@H](C1)c1cccc(=O)n1C2)NCCc1ccccc1F. The number of benzene rings is 1. The lowest BCUT2D eigenvalue weighted by Crippen LogP contribution is -2.49. The molecular formula is C23H26FN3O3. The van der Waals surface area contributed by atoms with E-state index < -0.39 is 0 Å². The van der Waals surface area contributed by atoms with Crippen molar-refractivity contribution < 1.29 is 14.0 Å². The van der Waals surface area contributed by atoms with Gasteiger partial charge in [-0.1, -0.05) is 24.3 Å². The first-order valence-corrected chi connectivity index (χ1v) is 10.5. The van der Waals surface area contributed by atoms with Gasteiger partial charge in [-0.15, -0.1) is 0 Å². The molecule has 3 heterocycles. The average molecular weight is 411 g/mol. The van der Waals surface area contributed by atoms with Gasteiger partial charge in [0, 0.05) is 56.7 Å². The summed E-state index contributed by atoms with van der Waals surface area (Å²) in [5.74, 6) is -0.0595.